The zero-order valence-electron chi connectivity index (χ0n) is 12.2. The van der Waals surface area contributed by atoms with Gasteiger partial charge in [-0.25, -0.2) is 0 Å². The quantitative estimate of drug-likeness (QED) is 0.719. The third-order valence-electron chi connectivity index (χ3n) is 6.16. The van der Waals surface area contributed by atoms with Crippen LogP contribution in [0.3, 0.4) is 0 Å². The van der Waals surface area contributed by atoms with Crippen LogP contribution in [0.1, 0.15) is 64.7 Å². The lowest BCUT2D eigenvalue weighted by Crippen LogP contribution is -2.28. The second kappa shape index (κ2) is 5.94. The first-order valence-corrected chi connectivity index (χ1v) is 8.52. The van der Waals surface area contributed by atoms with E-state index in [-0.39, 0.29) is 0 Å². The van der Waals surface area contributed by atoms with Gasteiger partial charge in [0.25, 0.3) is 0 Å². The number of hydrogen-bond donors (Lipinski definition) is 1. The molecule has 2 bridgehead atoms. The molecule has 104 valence electrons. The second-order valence-electron chi connectivity index (χ2n) is 7.55. The van der Waals surface area contributed by atoms with Gasteiger partial charge in [-0.2, -0.15) is 0 Å². The Bertz CT molecular complexity index is 254. The maximum Gasteiger partial charge on any atom is -0.00178 e. The molecular formula is C17H31N. The fraction of sp³-hybridized carbons (Fsp3) is 1.00. The largest absolute Gasteiger partial charge is 0.316 e. The molecule has 0 radical (unpaired) electrons. The molecule has 0 heterocycles. The second-order valence-corrected chi connectivity index (χ2v) is 7.55. The molecule has 0 aliphatic heterocycles. The average Bonchev–Trinajstić information content (AvgIpc) is 2.99. The number of nitrogens with one attached hydrogen (secondary N) is 1. The molecular weight excluding hydrogens is 218 g/mol. The monoisotopic (exact) mass is 249 g/mol. The van der Waals surface area contributed by atoms with E-state index in [1.165, 1.54) is 51.6 Å². The van der Waals surface area contributed by atoms with Crippen molar-refractivity contribution in [2.75, 3.05) is 13.1 Å². The summed E-state index contributed by atoms with van der Waals surface area (Å²) in [5.41, 5.74) is 0. The standard InChI is InChI=1S/C17H31N/c1-13-2-4-14(5-3-13)8-9-18-12-17-11-15-6-7-16(17)10-15/h13-18H,2-12H2,1H3. The lowest BCUT2D eigenvalue weighted by atomic mass is 9.81. The van der Waals surface area contributed by atoms with Gasteiger partial charge in [-0.1, -0.05) is 39.0 Å². The number of rotatable bonds is 5. The van der Waals surface area contributed by atoms with Crippen LogP contribution in [0.25, 0.3) is 0 Å². The molecule has 3 aliphatic rings. The molecule has 1 heteroatoms. The van der Waals surface area contributed by atoms with Gasteiger partial charge in [0.2, 0.25) is 0 Å². The van der Waals surface area contributed by atoms with Crippen LogP contribution >= 0.6 is 0 Å². The Morgan fingerprint density at radius 3 is 2.44 bits per heavy atom. The number of fused-ring (bicyclic) bond motifs is 2. The fourth-order valence-electron chi connectivity index (χ4n) is 4.84. The highest BCUT2D eigenvalue weighted by molar-refractivity contribution is 4.90. The first-order chi connectivity index (χ1) is 8.81. The summed E-state index contributed by atoms with van der Waals surface area (Å²) in [6.45, 7) is 5.03. The Morgan fingerprint density at radius 1 is 0.944 bits per heavy atom. The van der Waals surface area contributed by atoms with Gasteiger partial charge in [0.05, 0.1) is 0 Å². The molecule has 0 aromatic rings. The van der Waals surface area contributed by atoms with Crippen LogP contribution in [0.4, 0.5) is 0 Å². The van der Waals surface area contributed by atoms with Crippen LogP contribution in [0.5, 0.6) is 0 Å². The maximum absolute atomic E-state index is 3.77. The van der Waals surface area contributed by atoms with Crippen LogP contribution in [0, 0.1) is 29.6 Å². The molecule has 0 aromatic heterocycles. The first-order valence-electron chi connectivity index (χ1n) is 8.52. The molecule has 3 saturated carbocycles. The van der Waals surface area contributed by atoms with E-state index >= 15 is 0 Å². The van der Waals surface area contributed by atoms with E-state index in [0.29, 0.717) is 0 Å². The summed E-state index contributed by atoms with van der Waals surface area (Å²) in [6.07, 6.45) is 13.6. The van der Waals surface area contributed by atoms with Gasteiger partial charge < -0.3 is 5.32 Å². The zero-order valence-corrected chi connectivity index (χ0v) is 12.2. The van der Waals surface area contributed by atoms with E-state index in [1.807, 2.05) is 0 Å². The van der Waals surface area contributed by atoms with Crippen molar-refractivity contribution in [3.63, 3.8) is 0 Å². The molecule has 3 aliphatic carbocycles. The fourth-order valence-corrected chi connectivity index (χ4v) is 4.84. The van der Waals surface area contributed by atoms with E-state index < -0.39 is 0 Å². The summed E-state index contributed by atoms with van der Waals surface area (Å²) in [6, 6.07) is 0. The van der Waals surface area contributed by atoms with Gasteiger partial charge >= 0.3 is 0 Å². The molecule has 3 unspecified atom stereocenters. The maximum atomic E-state index is 3.77. The van der Waals surface area contributed by atoms with Crippen molar-refractivity contribution in [3.8, 4) is 0 Å². The van der Waals surface area contributed by atoms with E-state index in [9.17, 15) is 0 Å². The molecule has 3 fully saturated rings. The summed E-state index contributed by atoms with van der Waals surface area (Å²) in [4.78, 5) is 0. The molecule has 0 spiro atoms. The highest BCUT2D eigenvalue weighted by atomic mass is 14.9. The van der Waals surface area contributed by atoms with Gasteiger partial charge in [-0.05, 0) is 68.4 Å². The molecule has 0 aromatic carbocycles. The van der Waals surface area contributed by atoms with Crippen LogP contribution in [0.2, 0.25) is 0 Å². The summed E-state index contributed by atoms with van der Waals surface area (Å²) >= 11 is 0. The van der Waals surface area contributed by atoms with Gasteiger partial charge in [0.1, 0.15) is 0 Å². The number of hydrogen-bond acceptors (Lipinski definition) is 1. The lowest BCUT2D eigenvalue weighted by molar-refractivity contribution is 0.268. The SMILES string of the molecule is CC1CCC(CCNCC2CC3CCC2C3)CC1. The van der Waals surface area contributed by atoms with Crippen LogP contribution in [0.15, 0.2) is 0 Å². The Kier molecular flexibility index (Phi) is 4.28. The third-order valence-corrected chi connectivity index (χ3v) is 6.16. The van der Waals surface area contributed by atoms with Crippen LogP contribution < -0.4 is 5.32 Å². The average molecular weight is 249 g/mol. The Morgan fingerprint density at radius 2 is 1.78 bits per heavy atom. The molecule has 1 nitrogen and oxygen atoms in total. The van der Waals surface area contributed by atoms with Crippen molar-refractivity contribution in [3.05, 3.63) is 0 Å². The Balaban J connectivity index is 1.27. The van der Waals surface area contributed by atoms with Crippen molar-refractivity contribution in [1.82, 2.24) is 5.32 Å². The molecule has 3 atom stereocenters. The molecule has 0 amide bonds. The van der Waals surface area contributed by atoms with Gasteiger partial charge in [-0.15, -0.1) is 0 Å². The van der Waals surface area contributed by atoms with Gasteiger partial charge in [-0.3, -0.25) is 0 Å². The van der Waals surface area contributed by atoms with Crippen LogP contribution in [-0.4, -0.2) is 13.1 Å². The predicted octanol–water partition coefficient (Wildman–Crippen LogP) is 4.23. The summed E-state index contributed by atoms with van der Waals surface area (Å²) in [5.74, 6) is 5.28. The normalized spacial score (nSPS) is 43.5. The van der Waals surface area contributed by atoms with E-state index in [0.717, 1.165) is 29.6 Å². The van der Waals surface area contributed by atoms with Crippen molar-refractivity contribution >= 4 is 0 Å². The predicted molar refractivity (Wildman–Crippen MR) is 77.5 cm³/mol. The van der Waals surface area contributed by atoms with E-state index in [2.05, 4.69) is 12.2 Å². The summed E-state index contributed by atoms with van der Waals surface area (Å²) < 4.78 is 0. The van der Waals surface area contributed by atoms with E-state index in [4.69, 9.17) is 0 Å². The topological polar surface area (TPSA) is 12.0 Å². The molecule has 3 rings (SSSR count). The molecule has 0 saturated heterocycles. The smallest absolute Gasteiger partial charge is 0.00178 e. The van der Waals surface area contributed by atoms with Crippen LogP contribution in [-0.2, 0) is 0 Å². The highest BCUT2D eigenvalue weighted by Gasteiger charge is 2.38. The minimum Gasteiger partial charge on any atom is -0.316 e. The molecule has 18 heavy (non-hydrogen) atoms. The highest BCUT2D eigenvalue weighted by Crippen LogP contribution is 2.47. The van der Waals surface area contributed by atoms with Crippen molar-refractivity contribution in [2.24, 2.45) is 29.6 Å². The summed E-state index contributed by atoms with van der Waals surface area (Å²) in [5, 5.41) is 3.77. The van der Waals surface area contributed by atoms with Crippen molar-refractivity contribution in [2.45, 2.75) is 64.7 Å². The Labute approximate surface area is 113 Å². The van der Waals surface area contributed by atoms with E-state index in [1.54, 1.807) is 19.3 Å². The Hall–Kier alpha value is -0.0400. The minimum atomic E-state index is 1.00. The van der Waals surface area contributed by atoms with Crippen molar-refractivity contribution < 1.29 is 0 Å². The third kappa shape index (κ3) is 3.10. The van der Waals surface area contributed by atoms with Gasteiger partial charge in [0, 0.05) is 0 Å². The van der Waals surface area contributed by atoms with Gasteiger partial charge in [0.15, 0.2) is 0 Å². The molecule has 1 N–H and O–H groups in total. The zero-order chi connectivity index (χ0) is 12.4. The minimum absolute atomic E-state index is 1.00. The van der Waals surface area contributed by atoms with Crippen molar-refractivity contribution in [1.29, 1.82) is 0 Å². The summed E-state index contributed by atoms with van der Waals surface area (Å²) in [7, 11) is 0. The lowest BCUT2D eigenvalue weighted by Gasteiger charge is -2.27. The first kappa shape index (κ1) is 13.0.